The Labute approximate surface area is 157 Å². The third-order valence-corrected chi connectivity index (χ3v) is 5.57. The van der Waals surface area contributed by atoms with Crippen LogP contribution in [0.1, 0.15) is 37.9 Å². The van der Waals surface area contributed by atoms with Crippen LogP contribution < -0.4 is 10.6 Å². The van der Waals surface area contributed by atoms with Crippen molar-refractivity contribution < 1.29 is 4.39 Å². The molecular weight excluding hydrogens is 341 g/mol. The number of nitrogens with zero attached hydrogens (tertiary/aromatic N) is 3. The predicted octanol–water partition coefficient (Wildman–Crippen LogP) is 4.60. The Kier molecular flexibility index (Phi) is 3.93. The van der Waals surface area contributed by atoms with Crippen molar-refractivity contribution in [1.82, 2.24) is 20.3 Å². The predicted molar refractivity (Wildman–Crippen MR) is 104 cm³/mol. The van der Waals surface area contributed by atoms with Gasteiger partial charge in [0.25, 0.3) is 0 Å². The Balaban J connectivity index is 1.66. The number of nitrogens with one attached hydrogen (secondary N) is 2. The maximum atomic E-state index is 13.9. The van der Waals surface area contributed by atoms with E-state index in [1.54, 1.807) is 12.3 Å². The van der Waals surface area contributed by atoms with Gasteiger partial charge in [0.1, 0.15) is 17.5 Å². The summed E-state index contributed by atoms with van der Waals surface area (Å²) < 4.78 is 13.9. The normalized spacial score (nSPS) is 20.8. The average molecular weight is 362 g/mol. The monoisotopic (exact) mass is 362 g/mol. The molecule has 2 aromatic heterocycles. The van der Waals surface area contributed by atoms with Crippen LogP contribution in [0.15, 0.2) is 36.5 Å². The lowest BCUT2D eigenvalue weighted by Crippen LogP contribution is -2.31. The maximum absolute atomic E-state index is 13.9. The highest BCUT2D eigenvalue weighted by atomic mass is 19.1. The Hall–Kier alpha value is -2.73. The van der Waals surface area contributed by atoms with E-state index in [9.17, 15) is 4.39 Å². The molecule has 0 amide bonds. The number of benzene rings is 1. The first-order valence-electron chi connectivity index (χ1n) is 9.51. The van der Waals surface area contributed by atoms with Crippen molar-refractivity contribution in [2.45, 2.75) is 38.1 Å². The smallest absolute Gasteiger partial charge is 0.139 e. The lowest BCUT2D eigenvalue weighted by Gasteiger charge is -2.27. The molecule has 2 unspecified atom stereocenters. The third kappa shape index (κ3) is 2.80. The van der Waals surface area contributed by atoms with Gasteiger partial charge in [-0.25, -0.2) is 19.7 Å². The minimum Gasteiger partial charge on any atom is -0.341 e. The topological polar surface area (TPSA) is 67.7 Å². The largest absolute Gasteiger partial charge is 0.341 e. The molecule has 1 radical (unpaired) electrons. The number of imidazole rings is 1. The van der Waals surface area contributed by atoms with Crippen LogP contribution >= 0.6 is 0 Å². The van der Waals surface area contributed by atoms with Crippen molar-refractivity contribution in [3.8, 4) is 22.5 Å². The Bertz CT molecular complexity index is 996. The van der Waals surface area contributed by atoms with Gasteiger partial charge in [0.15, 0.2) is 0 Å². The van der Waals surface area contributed by atoms with E-state index in [1.165, 1.54) is 12.1 Å². The standard InChI is InChI=1S/C21H21FN5/c1-2-14-10-12(7-9-23-14)20-26-18-15-6-5-13(22)11-17(15)25-21-16(19(18)27-20)4-3-8-24-21/h3-6,8,11-12,14H,2,7,9-10H2,1H3,(H,24,25)(H,26,27). The molecule has 4 heterocycles. The summed E-state index contributed by atoms with van der Waals surface area (Å²) in [5, 5.41) is 7.96. The van der Waals surface area contributed by atoms with Crippen molar-refractivity contribution >= 4 is 11.5 Å². The molecule has 0 bridgehead atoms. The molecule has 1 saturated heterocycles. The second kappa shape index (κ2) is 6.46. The lowest BCUT2D eigenvalue weighted by molar-refractivity contribution is 0.341. The quantitative estimate of drug-likeness (QED) is 0.548. The molecule has 27 heavy (non-hydrogen) atoms. The van der Waals surface area contributed by atoms with Crippen LogP contribution in [-0.4, -0.2) is 27.5 Å². The number of halogens is 1. The molecule has 1 aromatic carbocycles. The number of hydrogen-bond donors (Lipinski definition) is 2. The van der Waals surface area contributed by atoms with Gasteiger partial charge in [-0.15, -0.1) is 0 Å². The fourth-order valence-corrected chi connectivity index (χ4v) is 4.11. The van der Waals surface area contributed by atoms with E-state index in [4.69, 9.17) is 10.3 Å². The summed E-state index contributed by atoms with van der Waals surface area (Å²) >= 11 is 0. The lowest BCUT2D eigenvalue weighted by atomic mass is 9.91. The molecule has 1 fully saturated rings. The number of rotatable bonds is 2. The van der Waals surface area contributed by atoms with Crippen molar-refractivity contribution in [3.63, 3.8) is 0 Å². The summed E-state index contributed by atoms with van der Waals surface area (Å²) in [7, 11) is 0. The van der Waals surface area contributed by atoms with Crippen LogP contribution in [0.25, 0.3) is 22.5 Å². The Morgan fingerprint density at radius 1 is 1.22 bits per heavy atom. The average Bonchev–Trinajstić information content (AvgIpc) is 3.09. The zero-order valence-corrected chi connectivity index (χ0v) is 15.2. The number of pyridine rings is 1. The highest BCUT2D eigenvalue weighted by molar-refractivity contribution is 5.94. The minimum atomic E-state index is -0.280. The van der Waals surface area contributed by atoms with Crippen molar-refractivity contribution in [1.29, 1.82) is 0 Å². The number of H-pyrrole nitrogens is 1. The Morgan fingerprint density at radius 3 is 3.04 bits per heavy atom. The fraction of sp³-hybridized carbons (Fsp3) is 0.333. The summed E-state index contributed by atoms with van der Waals surface area (Å²) in [6, 6.07) is 9.11. The van der Waals surface area contributed by atoms with Gasteiger partial charge in [0.05, 0.1) is 17.1 Å². The molecule has 137 valence electrons. The van der Waals surface area contributed by atoms with Crippen molar-refractivity contribution in [2.75, 3.05) is 11.9 Å². The van der Waals surface area contributed by atoms with E-state index in [-0.39, 0.29) is 5.82 Å². The van der Waals surface area contributed by atoms with Crippen LogP contribution in [0.4, 0.5) is 15.9 Å². The summed E-state index contributed by atoms with van der Waals surface area (Å²) in [5.41, 5.74) is 4.34. The third-order valence-electron chi connectivity index (χ3n) is 5.57. The first kappa shape index (κ1) is 16.4. The zero-order chi connectivity index (χ0) is 18.4. The molecule has 2 N–H and O–H groups in total. The zero-order valence-electron chi connectivity index (χ0n) is 15.2. The van der Waals surface area contributed by atoms with Crippen molar-refractivity contribution in [2.24, 2.45) is 0 Å². The molecule has 2 atom stereocenters. The number of fused-ring (bicyclic) bond motifs is 5. The molecule has 3 aromatic rings. The second-order valence-corrected chi connectivity index (χ2v) is 7.25. The molecule has 0 spiro atoms. The first-order valence-corrected chi connectivity index (χ1v) is 9.51. The Morgan fingerprint density at radius 2 is 2.15 bits per heavy atom. The fourth-order valence-electron chi connectivity index (χ4n) is 4.11. The van der Waals surface area contributed by atoms with Crippen LogP contribution in [0.5, 0.6) is 0 Å². The van der Waals surface area contributed by atoms with Gasteiger partial charge in [-0.3, -0.25) is 0 Å². The molecule has 2 aliphatic rings. The van der Waals surface area contributed by atoms with Gasteiger partial charge in [0, 0.05) is 35.8 Å². The molecule has 5 rings (SSSR count). The number of aromatic amines is 1. The van der Waals surface area contributed by atoms with Gasteiger partial charge in [-0.05, 0) is 49.6 Å². The second-order valence-electron chi connectivity index (χ2n) is 7.25. The van der Waals surface area contributed by atoms with E-state index >= 15 is 0 Å². The van der Waals surface area contributed by atoms with Crippen molar-refractivity contribution in [3.05, 3.63) is 48.2 Å². The van der Waals surface area contributed by atoms with Gasteiger partial charge >= 0.3 is 0 Å². The van der Waals surface area contributed by atoms with Crippen LogP contribution in [0.3, 0.4) is 0 Å². The van der Waals surface area contributed by atoms with E-state index in [1.807, 2.05) is 12.1 Å². The van der Waals surface area contributed by atoms with Crippen LogP contribution in [0.2, 0.25) is 0 Å². The molecule has 0 aliphatic carbocycles. The number of hydrogen-bond acceptors (Lipinski definition) is 3. The highest BCUT2D eigenvalue weighted by Gasteiger charge is 2.29. The number of piperidine rings is 1. The van der Waals surface area contributed by atoms with Gasteiger partial charge in [-0.1, -0.05) is 6.92 Å². The number of aromatic nitrogens is 3. The summed E-state index contributed by atoms with van der Waals surface area (Å²) in [6.45, 7) is 3.07. The van der Waals surface area contributed by atoms with E-state index in [2.05, 4.69) is 22.2 Å². The molecule has 5 nitrogen and oxygen atoms in total. The number of anilines is 2. The summed E-state index contributed by atoms with van der Waals surface area (Å²) in [5.74, 6) is 1.80. The molecule has 2 aliphatic heterocycles. The van der Waals surface area contributed by atoms with Gasteiger partial charge < -0.3 is 10.3 Å². The molecule has 0 saturated carbocycles. The SMILES string of the molecule is CCC1CC(c2nc3c([nH]2)-c2cccnc2Nc2cc(F)ccc2-3)CC[N]1. The first-order chi connectivity index (χ1) is 13.2. The molecule has 6 heteroatoms. The summed E-state index contributed by atoms with van der Waals surface area (Å²) in [6.07, 6.45) is 4.84. The van der Waals surface area contributed by atoms with Crippen LogP contribution in [0, 0.1) is 5.82 Å². The van der Waals surface area contributed by atoms with Crippen LogP contribution in [-0.2, 0) is 0 Å². The summed E-state index contributed by atoms with van der Waals surface area (Å²) in [4.78, 5) is 13.0. The molecular formula is C21H21FN5. The maximum Gasteiger partial charge on any atom is 0.139 e. The van der Waals surface area contributed by atoms with E-state index in [0.29, 0.717) is 23.5 Å². The van der Waals surface area contributed by atoms with Gasteiger partial charge in [0.2, 0.25) is 0 Å². The van der Waals surface area contributed by atoms with E-state index < -0.39 is 0 Å². The highest BCUT2D eigenvalue weighted by Crippen LogP contribution is 2.43. The minimum absolute atomic E-state index is 0.280. The van der Waals surface area contributed by atoms with E-state index in [0.717, 1.165) is 54.1 Å². The van der Waals surface area contributed by atoms with Gasteiger partial charge in [-0.2, -0.15) is 0 Å².